The summed E-state index contributed by atoms with van der Waals surface area (Å²) >= 11 is 0. The van der Waals surface area contributed by atoms with Crippen molar-refractivity contribution in [2.75, 3.05) is 6.54 Å². The Labute approximate surface area is 87.2 Å². The van der Waals surface area contributed by atoms with Crippen LogP contribution in [0, 0.1) is 0 Å². The first-order valence-electron chi connectivity index (χ1n) is 4.84. The molecule has 1 amide bonds. The monoisotopic (exact) mass is 217 g/mol. The second-order valence-electron chi connectivity index (χ2n) is 3.61. The lowest BCUT2D eigenvalue weighted by molar-refractivity contribution is -0.146. The number of aliphatic hydroxyl groups excluding tert-OH is 1. The van der Waals surface area contributed by atoms with Crippen LogP contribution in [0.1, 0.15) is 19.8 Å². The second kappa shape index (κ2) is 5.09. The largest absolute Gasteiger partial charge is 0.479 e. The van der Waals surface area contributed by atoms with Gasteiger partial charge in [-0.3, -0.25) is 4.79 Å². The van der Waals surface area contributed by atoms with Gasteiger partial charge in [0.05, 0.1) is 12.6 Å². The molecule has 0 aromatic carbocycles. The summed E-state index contributed by atoms with van der Waals surface area (Å²) in [6, 6.07) is 0. The third-order valence-corrected chi connectivity index (χ3v) is 2.28. The number of amides is 1. The van der Waals surface area contributed by atoms with Gasteiger partial charge >= 0.3 is 5.97 Å². The Bertz CT molecular complexity index is 255. The van der Waals surface area contributed by atoms with Gasteiger partial charge in [0.15, 0.2) is 6.10 Å². The number of rotatable bonds is 4. The fourth-order valence-corrected chi connectivity index (χ4v) is 1.39. The minimum Gasteiger partial charge on any atom is -0.479 e. The van der Waals surface area contributed by atoms with Gasteiger partial charge in [-0.2, -0.15) is 0 Å². The number of aliphatic hydroxyl groups is 1. The molecule has 0 aromatic rings. The molecule has 3 atom stereocenters. The highest BCUT2D eigenvalue weighted by Gasteiger charge is 2.28. The van der Waals surface area contributed by atoms with Gasteiger partial charge < -0.3 is 20.3 Å². The molecule has 0 aromatic heterocycles. The predicted octanol–water partition coefficient (Wildman–Crippen LogP) is -0.884. The van der Waals surface area contributed by atoms with Gasteiger partial charge in [-0.15, -0.1) is 0 Å². The van der Waals surface area contributed by atoms with Crippen molar-refractivity contribution in [3.05, 3.63) is 0 Å². The summed E-state index contributed by atoms with van der Waals surface area (Å²) in [5, 5.41) is 19.6. The Morgan fingerprint density at radius 1 is 1.53 bits per heavy atom. The summed E-state index contributed by atoms with van der Waals surface area (Å²) in [6.45, 7) is 1.59. The minimum absolute atomic E-state index is 0.0603. The fourth-order valence-electron chi connectivity index (χ4n) is 1.39. The third kappa shape index (κ3) is 3.49. The van der Waals surface area contributed by atoms with Crippen molar-refractivity contribution < 1.29 is 24.5 Å². The van der Waals surface area contributed by atoms with Gasteiger partial charge in [-0.05, 0) is 19.8 Å². The Kier molecular flexibility index (Phi) is 4.05. The quantitative estimate of drug-likeness (QED) is 0.568. The molecule has 3 unspecified atom stereocenters. The summed E-state index contributed by atoms with van der Waals surface area (Å²) in [4.78, 5) is 21.6. The zero-order valence-electron chi connectivity index (χ0n) is 8.47. The Balaban J connectivity index is 2.27. The summed E-state index contributed by atoms with van der Waals surface area (Å²) in [5.74, 6) is -1.71. The maximum atomic E-state index is 11.4. The standard InChI is InChI=1S/C9H15NO5/c1-5-2-3-7(15-5)8(12)10-4-6(11)9(13)14/h5-7,11H,2-4H2,1H3,(H,10,12)(H,13,14). The lowest BCUT2D eigenvalue weighted by Gasteiger charge is -2.12. The molecule has 0 bridgehead atoms. The van der Waals surface area contributed by atoms with Gasteiger partial charge in [0.1, 0.15) is 6.10 Å². The van der Waals surface area contributed by atoms with E-state index in [-0.39, 0.29) is 18.6 Å². The van der Waals surface area contributed by atoms with Crippen molar-refractivity contribution in [1.29, 1.82) is 0 Å². The molecule has 1 heterocycles. The molecule has 0 aliphatic carbocycles. The molecule has 0 spiro atoms. The Morgan fingerprint density at radius 3 is 2.67 bits per heavy atom. The average Bonchev–Trinajstić information content (AvgIpc) is 2.60. The van der Waals surface area contributed by atoms with Crippen LogP contribution >= 0.6 is 0 Å². The molecule has 1 rings (SSSR count). The van der Waals surface area contributed by atoms with E-state index in [0.717, 1.165) is 6.42 Å². The number of nitrogens with one attached hydrogen (secondary N) is 1. The van der Waals surface area contributed by atoms with Crippen molar-refractivity contribution in [3.63, 3.8) is 0 Å². The lowest BCUT2D eigenvalue weighted by atomic mass is 10.2. The zero-order valence-corrected chi connectivity index (χ0v) is 8.47. The molecule has 1 fully saturated rings. The highest BCUT2D eigenvalue weighted by Crippen LogP contribution is 2.18. The van der Waals surface area contributed by atoms with Crippen LogP contribution in [-0.4, -0.2) is 46.9 Å². The molecule has 6 nitrogen and oxygen atoms in total. The van der Waals surface area contributed by atoms with E-state index in [4.69, 9.17) is 14.9 Å². The number of hydrogen-bond acceptors (Lipinski definition) is 4. The highest BCUT2D eigenvalue weighted by molar-refractivity contribution is 5.82. The molecule has 0 saturated carbocycles. The zero-order chi connectivity index (χ0) is 11.4. The second-order valence-corrected chi connectivity index (χ2v) is 3.61. The van der Waals surface area contributed by atoms with E-state index in [1.807, 2.05) is 6.92 Å². The molecular weight excluding hydrogens is 202 g/mol. The molecule has 1 aliphatic rings. The van der Waals surface area contributed by atoms with Crippen molar-refractivity contribution in [1.82, 2.24) is 5.32 Å². The van der Waals surface area contributed by atoms with Crippen LogP contribution in [0.4, 0.5) is 0 Å². The van der Waals surface area contributed by atoms with E-state index in [9.17, 15) is 9.59 Å². The van der Waals surface area contributed by atoms with Crippen LogP contribution in [-0.2, 0) is 14.3 Å². The maximum Gasteiger partial charge on any atom is 0.334 e. The first-order valence-corrected chi connectivity index (χ1v) is 4.84. The smallest absolute Gasteiger partial charge is 0.334 e. The van der Waals surface area contributed by atoms with Crippen LogP contribution < -0.4 is 5.32 Å². The number of carboxylic acids is 1. The normalized spacial score (nSPS) is 27.3. The van der Waals surface area contributed by atoms with Crippen LogP contribution in [0.5, 0.6) is 0 Å². The van der Waals surface area contributed by atoms with Gasteiger partial charge in [0, 0.05) is 0 Å². The first kappa shape index (κ1) is 11.9. The van der Waals surface area contributed by atoms with E-state index < -0.39 is 18.2 Å². The molecule has 86 valence electrons. The Hall–Kier alpha value is -1.14. The summed E-state index contributed by atoms with van der Waals surface area (Å²) in [5.41, 5.74) is 0. The highest BCUT2D eigenvalue weighted by atomic mass is 16.5. The Morgan fingerprint density at radius 2 is 2.20 bits per heavy atom. The number of aliphatic carboxylic acids is 1. The number of ether oxygens (including phenoxy) is 1. The molecule has 6 heteroatoms. The number of carbonyl (C=O) groups excluding carboxylic acids is 1. The van der Waals surface area contributed by atoms with Crippen LogP contribution in [0.25, 0.3) is 0 Å². The SMILES string of the molecule is CC1CCC(C(=O)NCC(O)C(=O)O)O1. The van der Waals surface area contributed by atoms with Crippen molar-refractivity contribution >= 4 is 11.9 Å². The summed E-state index contributed by atoms with van der Waals surface area (Å²) < 4.78 is 5.27. The third-order valence-electron chi connectivity index (χ3n) is 2.28. The van der Waals surface area contributed by atoms with Gasteiger partial charge in [-0.25, -0.2) is 4.79 Å². The average molecular weight is 217 g/mol. The van der Waals surface area contributed by atoms with E-state index in [1.54, 1.807) is 0 Å². The number of carbonyl (C=O) groups is 2. The van der Waals surface area contributed by atoms with Crippen LogP contribution in [0.2, 0.25) is 0 Å². The molecule has 3 N–H and O–H groups in total. The molecular formula is C9H15NO5. The minimum atomic E-state index is -1.56. The van der Waals surface area contributed by atoms with E-state index in [2.05, 4.69) is 5.32 Å². The fraction of sp³-hybridized carbons (Fsp3) is 0.778. The maximum absolute atomic E-state index is 11.4. The lowest BCUT2D eigenvalue weighted by Crippen LogP contribution is -2.41. The van der Waals surface area contributed by atoms with Crippen molar-refractivity contribution in [2.45, 2.75) is 38.1 Å². The van der Waals surface area contributed by atoms with Crippen LogP contribution in [0.3, 0.4) is 0 Å². The summed E-state index contributed by atoms with van der Waals surface area (Å²) in [7, 11) is 0. The number of hydrogen-bond donors (Lipinski definition) is 3. The molecule has 1 saturated heterocycles. The van der Waals surface area contributed by atoms with Gasteiger partial charge in [-0.1, -0.05) is 0 Å². The summed E-state index contributed by atoms with van der Waals surface area (Å²) in [6.07, 6.45) is -0.561. The molecule has 15 heavy (non-hydrogen) atoms. The predicted molar refractivity (Wildman–Crippen MR) is 50.2 cm³/mol. The van der Waals surface area contributed by atoms with E-state index >= 15 is 0 Å². The van der Waals surface area contributed by atoms with Gasteiger partial charge in [0.2, 0.25) is 5.91 Å². The van der Waals surface area contributed by atoms with Crippen LogP contribution in [0.15, 0.2) is 0 Å². The van der Waals surface area contributed by atoms with Crippen molar-refractivity contribution in [3.8, 4) is 0 Å². The van der Waals surface area contributed by atoms with E-state index in [1.165, 1.54) is 0 Å². The van der Waals surface area contributed by atoms with Crippen molar-refractivity contribution in [2.24, 2.45) is 0 Å². The molecule has 0 radical (unpaired) electrons. The van der Waals surface area contributed by atoms with E-state index in [0.29, 0.717) is 6.42 Å². The number of carboxylic acid groups (broad SMARTS) is 1. The van der Waals surface area contributed by atoms with Gasteiger partial charge in [0.25, 0.3) is 0 Å². The topological polar surface area (TPSA) is 95.9 Å². The molecule has 1 aliphatic heterocycles. The first-order chi connectivity index (χ1) is 7.00.